The van der Waals surface area contributed by atoms with Gasteiger partial charge in [0.15, 0.2) is 11.9 Å². The second-order valence-electron chi connectivity index (χ2n) is 3.57. The molecule has 0 fully saturated rings. The maximum atomic E-state index is 10.9. The average molecular weight is 224 g/mol. The summed E-state index contributed by atoms with van der Waals surface area (Å²) in [5.41, 5.74) is 2.49. The zero-order valence-electron chi connectivity index (χ0n) is 8.83. The minimum Gasteiger partial charge on any atom is -0.435 e. The van der Waals surface area contributed by atoms with Crippen LogP contribution in [-0.2, 0) is 0 Å². The molecule has 0 aliphatic heterocycles. The average Bonchev–Trinajstić information content (AvgIpc) is 2.83. The molecule has 0 atom stereocenters. The normalized spacial score (nSPS) is 10.6. The van der Waals surface area contributed by atoms with Crippen LogP contribution in [-0.4, -0.2) is 16.3 Å². The predicted octanol–water partition coefficient (Wildman–Crippen LogP) is 2.70. The first-order valence-corrected chi connectivity index (χ1v) is 5.13. The Labute approximate surface area is 96.9 Å². The van der Waals surface area contributed by atoms with Gasteiger partial charge in [-0.1, -0.05) is 6.07 Å². The number of aromatic nitrogens is 2. The van der Waals surface area contributed by atoms with Crippen molar-refractivity contribution >= 4 is 17.4 Å². The molecule has 0 radical (unpaired) electrons. The third kappa shape index (κ3) is 1.59. The Morgan fingerprint density at radius 1 is 1.18 bits per heavy atom. The van der Waals surface area contributed by atoms with Crippen molar-refractivity contribution in [2.45, 2.75) is 0 Å². The molecule has 0 aliphatic rings. The van der Waals surface area contributed by atoms with E-state index in [4.69, 9.17) is 4.42 Å². The Morgan fingerprint density at radius 3 is 2.88 bits per heavy atom. The summed E-state index contributed by atoms with van der Waals surface area (Å²) in [5.74, 6) is 0.474. The molecular weight excluding hydrogens is 216 g/mol. The van der Waals surface area contributed by atoms with E-state index in [0.29, 0.717) is 22.6 Å². The van der Waals surface area contributed by atoms with E-state index in [1.807, 2.05) is 18.2 Å². The van der Waals surface area contributed by atoms with Crippen molar-refractivity contribution < 1.29 is 9.21 Å². The smallest absolute Gasteiger partial charge is 0.228 e. The van der Waals surface area contributed by atoms with Crippen molar-refractivity contribution in [3.05, 3.63) is 48.3 Å². The van der Waals surface area contributed by atoms with Gasteiger partial charge in [0.05, 0.1) is 11.1 Å². The summed E-state index contributed by atoms with van der Waals surface area (Å²) < 4.78 is 5.59. The first kappa shape index (κ1) is 9.72. The molecule has 0 unspecified atom stereocenters. The maximum Gasteiger partial charge on any atom is 0.228 e. The van der Waals surface area contributed by atoms with E-state index < -0.39 is 0 Å². The van der Waals surface area contributed by atoms with Gasteiger partial charge in [0.1, 0.15) is 5.52 Å². The molecule has 0 bridgehead atoms. The van der Waals surface area contributed by atoms with Crippen LogP contribution in [0.2, 0.25) is 0 Å². The highest BCUT2D eigenvalue weighted by molar-refractivity contribution is 5.93. The Morgan fingerprint density at radius 2 is 2.12 bits per heavy atom. The highest BCUT2D eigenvalue weighted by Gasteiger charge is 2.10. The SMILES string of the molecule is O=Cc1cccc2nc(-c3cccnc3)oc12. The zero-order chi connectivity index (χ0) is 11.7. The van der Waals surface area contributed by atoms with Crippen LogP contribution in [0.4, 0.5) is 0 Å². The number of carbonyl (C=O) groups is 1. The molecule has 0 amide bonds. The Bertz CT molecular complexity index is 674. The minimum atomic E-state index is 0.474. The molecule has 1 aromatic carbocycles. The van der Waals surface area contributed by atoms with Gasteiger partial charge in [-0.3, -0.25) is 9.78 Å². The molecule has 2 heterocycles. The molecule has 17 heavy (non-hydrogen) atoms. The number of oxazole rings is 1. The molecule has 0 N–H and O–H groups in total. The van der Waals surface area contributed by atoms with Gasteiger partial charge in [-0.05, 0) is 24.3 Å². The number of rotatable bonds is 2. The van der Waals surface area contributed by atoms with Crippen LogP contribution < -0.4 is 0 Å². The van der Waals surface area contributed by atoms with E-state index in [-0.39, 0.29) is 0 Å². The van der Waals surface area contributed by atoms with Crippen LogP contribution >= 0.6 is 0 Å². The molecule has 2 aromatic heterocycles. The Balaban J connectivity index is 2.24. The number of pyridine rings is 1. The Kier molecular flexibility index (Phi) is 2.19. The van der Waals surface area contributed by atoms with Gasteiger partial charge in [-0.25, -0.2) is 4.98 Å². The topological polar surface area (TPSA) is 56.0 Å². The summed E-state index contributed by atoms with van der Waals surface area (Å²) in [4.78, 5) is 19.2. The lowest BCUT2D eigenvalue weighted by molar-refractivity contribution is 0.112. The number of carbonyl (C=O) groups excluding carboxylic acids is 1. The molecule has 4 nitrogen and oxygen atoms in total. The van der Waals surface area contributed by atoms with Crippen LogP contribution in [0.1, 0.15) is 10.4 Å². The lowest BCUT2D eigenvalue weighted by Gasteiger charge is -1.91. The molecule has 0 saturated carbocycles. The van der Waals surface area contributed by atoms with Crippen molar-refractivity contribution in [3.63, 3.8) is 0 Å². The maximum absolute atomic E-state index is 10.9. The minimum absolute atomic E-state index is 0.474. The fourth-order valence-electron chi connectivity index (χ4n) is 1.68. The molecule has 3 rings (SSSR count). The lowest BCUT2D eigenvalue weighted by atomic mass is 10.2. The number of para-hydroxylation sites is 1. The number of fused-ring (bicyclic) bond motifs is 1. The third-order valence-corrected chi connectivity index (χ3v) is 2.48. The lowest BCUT2D eigenvalue weighted by Crippen LogP contribution is -1.78. The highest BCUT2D eigenvalue weighted by Crippen LogP contribution is 2.25. The molecule has 0 aliphatic carbocycles. The molecule has 4 heteroatoms. The summed E-state index contributed by atoms with van der Waals surface area (Å²) in [7, 11) is 0. The molecule has 0 spiro atoms. The first-order chi connectivity index (χ1) is 8.38. The highest BCUT2D eigenvalue weighted by atomic mass is 16.3. The van der Waals surface area contributed by atoms with Crippen LogP contribution in [0.5, 0.6) is 0 Å². The summed E-state index contributed by atoms with van der Waals surface area (Å²) in [6.45, 7) is 0. The number of hydrogen-bond donors (Lipinski definition) is 0. The van der Waals surface area contributed by atoms with Crippen LogP contribution in [0.15, 0.2) is 47.1 Å². The van der Waals surface area contributed by atoms with Gasteiger partial charge in [0, 0.05) is 12.4 Å². The van der Waals surface area contributed by atoms with Gasteiger partial charge >= 0.3 is 0 Å². The van der Waals surface area contributed by atoms with E-state index in [1.165, 1.54) is 0 Å². The van der Waals surface area contributed by atoms with Crippen LogP contribution in [0.3, 0.4) is 0 Å². The van der Waals surface area contributed by atoms with Gasteiger partial charge in [-0.2, -0.15) is 0 Å². The quantitative estimate of drug-likeness (QED) is 0.628. The number of benzene rings is 1. The fourth-order valence-corrected chi connectivity index (χ4v) is 1.68. The van der Waals surface area contributed by atoms with Crippen molar-refractivity contribution in [1.82, 2.24) is 9.97 Å². The van der Waals surface area contributed by atoms with Crippen molar-refractivity contribution in [1.29, 1.82) is 0 Å². The van der Waals surface area contributed by atoms with E-state index >= 15 is 0 Å². The number of hydrogen-bond acceptors (Lipinski definition) is 4. The summed E-state index contributed by atoms with van der Waals surface area (Å²) >= 11 is 0. The predicted molar refractivity (Wildman–Crippen MR) is 62.6 cm³/mol. The molecule has 3 aromatic rings. The summed E-state index contributed by atoms with van der Waals surface area (Å²) in [6, 6.07) is 8.96. The van der Waals surface area contributed by atoms with E-state index in [0.717, 1.165) is 11.8 Å². The molecular formula is C13H8N2O2. The monoisotopic (exact) mass is 224 g/mol. The second kappa shape index (κ2) is 3.83. The van der Waals surface area contributed by atoms with Crippen molar-refractivity contribution in [2.24, 2.45) is 0 Å². The van der Waals surface area contributed by atoms with E-state index in [2.05, 4.69) is 9.97 Å². The largest absolute Gasteiger partial charge is 0.435 e. The standard InChI is InChI=1S/C13H8N2O2/c16-8-10-3-1-5-11-12(10)17-13(15-11)9-4-2-6-14-7-9/h1-8H. The van der Waals surface area contributed by atoms with Gasteiger partial charge in [0.2, 0.25) is 5.89 Å². The van der Waals surface area contributed by atoms with Crippen molar-refractivity contribution in [3.8, 4) is 11.5 Å². The van der Waals surface area contributed by atoms with E-state index in [1.54, 1.807) is 24.5 Å². The van der Waals surface area contributed by atoms with Crippen LogP contribution in [0, 0.1) is 0 Å². The summed E-state index contributed by atoms with van der Waals surface area (Å²) in [5, 5.41) is 0. The van der Waals surface area contributed by atoms with Gasteiger partial charge in [-0.15, -0.1) is 0 Å². The summed E-state index contributed by atoms with van der Waals surface area (Å²) in [6.07, 6.45) is 4.12. The first-order valence-electron chi connectivity index (χ1n) is 5.13. The van der Waals surface area contributed by atoms with Gasteiger partial charge in [0.25, 0.3) is 0 Å². The fraction of sp³-hybridized carbons (Fsp3) is 0. The Hall–Kier alpha value is -2.49. The van der Waals surface area contributed by atoms with E-state index in [9.17, 15) is 4.79 Å². The third-order valence-electron chi connectivity index (χ3n) is 2.48. The second-order valence-corrected chi connectivity index (χ2v) is 3.57. The molecule has 82 valence electrons. The van der Waals surface area contributed by atoms with Gasteiger partial charge < -0.3 is 4.42 Å². The van der Waals surface area contributed by atoms with Crippen LogP contribution in [0.25, 0.3) is 22.6 Å². The van der Waals surface area contributed by atoms with Crippen molar-refractivity contribution in [2.75, 3.05) is 0 Å². The number of aldehydes is 1. The molecule has 0 saturated heterocycles. The zero-order valence-corrected chi connectivity index (χ0v) is 8.83. The number of nitrogens with zero attached hydrogens (tertiary/aromatic N) is 2.